The first-order chi connectivity index (χ1) is 21.1. The van der Waals surface area contributed by atoms with Gasteiger partial charge in [-0.2, -0.15) is 0 Å². The average molecular weight is 599 g/mol. The zero-order valence-corrected chi connectivity index (χ0v) is 26.1. The maximum absolute atomic E-state index is 12.6. The fourth-order valence-corrected chi connectivity index (χ4v) is 5.26. The number of hydrogen-bond donors (Lipinski definition) is 3. The van der Waals surface area contributed by atoms with Gasteiger partial charge in [-0.05, 0) is 83.7 Å². The molecule has 3 N–H and O–H groups in total. The summed E-state index contributed by atoms with van der Waals surface area (Å²) in [5.74, 6) is 1.63. The van der Waals surface area contributed by atoms with Crippen molar-refractivity contribution >= 4 is 28.5 Å². The van der Waals surface area contributed by atoms with Gasteiger partial charge in [0, 0.05) is 54.5 Å². The van der Waals surface area contributed by atoms with Crippen LogP contribution >= 0.6 is 0 Å². The van der Waals surface area contributed by atoms with Gasteiger partial charge in [-0.25, -0.2) is 19.7 Å². The zero-order chi connectivity index (χ0) is 31.3. The van der Waals surface area contributed by atoms with Crippen LogP contribution in [0.5, 0.6) is 11.6 Å². The van der Waals surface area contributed by atoms with E-state index in [0.717, 1.165) is 46.2 Å². The molecule has 0 radical (unpaired) electrons. The number of carbonyl (C=O) groups excluding carboxylic acids is 1. The molecule has 5 rings (SSSR count). The summed E-state index contributed by atoms with van der Waals surface area (Å²) in [6.45, 7) is 11.3. The number of likely N-dealkylation sites (tertiary alicyclic amines) is 1. The molecule has 0 bridgehead atoms. The van der Waals surface area contributed by atoms with Crippen LogP contribution in [0.25, 0.3) is 22.0 Å². The summed E-state index contributed by atoms with van der Waals surface area (Å²) in [7, 11) is 0. The minimum atomic E-state index is -0.540. The van der Waals surface area contributed by atoms with E-state index >= 15 is 0 Å². The fraction of sp³-hybridized carbons (Fsp3) is 0.412. The van der Waals surface area contributed by atoms with E-state index in [9.17, 15) is 9.90 Å². The van der Waals surface area contributed by atoms with Crippen molar-refractivity contribution in [3.05, 3.63) is 66.5 Å². The van der Waals surface area contributed by atoms with E-state index in [-0.39, 0.29) is 18.2 Å². The molecule has 0 spiro atoms. The number of aryl methyl sites for hydroxylation is 1. The first-order valence-corrected chi connectivity index (χ1v) is 15.2. The number of amides is 1. The van der Waals surface area contributed by atoms with E-state index in [1.807, 2.05) is 70.2 Å². The molecule has 2 atom stereocenters. The number of aromatic nitrogens is 3. The highest BCUT2D eigenvalue weighted by atomic mass is 16.6. The molecule has 1 aliphatic heterocycles. The minimum Gasteiger partial charge on any atom is -0.444 e. The number of fused-ring (bicyclic) bond motifs is 1. The third-order valence-corrected chi connectivity index (χ3v) is 7.39. The lowest BCUT2D eigenvalue weighted by atomic mass is 10.0. The smallest absolute Gasteiger partial charge is 0.410 e. The van der Waals surface area contributed by atoms with Gasteiger partial charge in [0.2, 0.25) is 11.8 Å². The Morgan fingerprint density at radius 3 is 2.73 bits per heavy atom. The average Bonchev–Trinajstić information content (AvgIpc) is 2.98. The maximum Gasteiger partial charge on any atom is 0.410 e. The van der Waals surface area contributed by atoms with Crippen LogP contribution in [0.15, 0.2) is 60.9 Å². The van der Waals surface area contributed by atoms with E-state index in [4.69, 9.17) is 14.5 Å². The van der Waals surface area contributed by atoms with Gasteiger partial charge in [0.05, 0.1) is 17.4 Å². The van der Waals surface area contributed by atoms with Gasteiger partial charge in [0.1, 0.15) is 11.4 Å². The van der Waals surface area contributed by atoms with Crippen LogP contribution in [-0.4, -0.2) is 68.4 Å². The number of benzene rings is 2. The predicted molar refractivity (Wildman–Crippen MR) is 173 cm³/mol. The Morgan fingerprint density at radius 2 is 1.93 bits per heavy atom. The second-order valence-corrected chi connectivity index (χ2v) is 12.3. The normalized spacial score (nSPS) is 16.0. The Bertz CT molecular complexity index is 1600. The van der Waals surface area contributed by atoms with Crippen LogP contribution in [-0.2, 0) is 4.74 Å². The van der Waals surface area contributed by atoms with E-state index in [2.05, 4.69) is 26.7 Å². The minimum absolute atomic E-state index is 0.00198. The molecule has 10 heteroatoms. The third kappa shape index (κ3) is 7.74. The predicted octanol–water partition coefficient (Wildman–Crippen LogP) is 6.79. The Morgan fingerprint density at radius 1 is 1.09 bits per heavy atom. The van der Waals surface area contributed by atoms with Gasteiger partial charge in [0.25, 0.3) is 0 Å². The maximum atomic E-state index is 12.6. The van der Waals surface area contributed by atoms with E-state index in [0.29, 0.717) is 43.6 Å². The number of ether oxygens (including phenoxy) is 2. The summed E-state index contributed by atoms with van der Waals surface area (Å²) in [6.07, 6.45) is 5.15. The standard InChI is InChI=1S/C34H42N6O4/c1-22-13-14-25-26(10-6-12-28(25)35-18-15-23(2)41)30(22)43-31-27(11-7-17-36-31)29-16-19-37-32(39-29)38-24-9-8-20-40(21-24)33(42)44-34(3,4)5/h6-7,10-14,16-17,19,23-24,35,41H,8-9,15,18,20-21H2,1-5H3,(H,37,38,39)/t23-,24+/m1/s1. The van der Waals surface area contributed by atoms with Crippen molar-refractivity contribution in [1.82, 2.24) is 19.9 Å². The molecule has 1 aliphatic rings. The van der Waals surface area contributed by atoms with Crippen molar-refractivity contribution in [1.29, 1.82) is 0 Å². The van der Waals surface area contributed by atoms with Crippen molar-refractivity contribution in [2.24, 2.45) is 0 Å². The van der Waals surface area contributed by atoms with Crippen LogP contribution in [0, 0.1) is 6.92 Å². The second kappa shape index (κ2) is 13.5. The summed E-state index contributed by atoms with van der Waals surface area (Å²) in [6, 6.07) is 15.8. The lowest BCUT2D eigenvalue weighted by Crippen LogP contribution is -2.47. The molecule has 44 heavy (non-hydrogen) atoms. The molecular formula is C34H42N6O4. The van der Waals surface area contributed by atoms with Crippen molar-refractivity contribution in [2.75, 3.05) is 30.3 Å². The molecule has 10 nitrogen and oxygen atoms in total. The number of anilines is 2. The number of aliphatic hydroxyl groups is 1. The van der Waals surface area contributed by atoms with Crippen LogP contribution in [0.3, 0.4) is 0 Å². The van der Waals surface area contributed by atoms with Crippen LogP contribution in [0.4, 0.5) is 16.4 Å². The summed E-state index contributed by atoms with van der Waals surface area (Å²) in [5, 5.41) is 18.5. The monoisotopic (exact) mass is 598 g/mol. The van der Waals surface area contributed by atoms with Gasteiger partial charge in [-0.15, -0.1) is 0 Å². The van der Waals surface area contributed by atoms with Crippen molar-refractivity contribution in [3.8, 4) is 22.9 Å². The summed E-state index contributed by atoms with van der Waals surface area (Å²) in [4.78, 5) is 28.2. The Kier molecular flexibility index (Phi) is 9.49. The summed E-state index contributed by atoms with van der Waals surface area (Å²) >= 11 is 0. The Hall–Kier alpha value is -4.44. The van der Waals surface area contributed by atoms with E-state index in [1.165, 1.54) is 0 Å². The van der Waals surface area contributed by atoms with Gasteiger partial charge < -0.3 is 30.1 Å². The van der Waals surface area contributed by atoms with Crippen LogP contribution in [0.2, 0.25) is 0 Å². The van der Waals surface area contributed by atoms with Crippen molar-refractivity contribution < 1.29 is 19.4 Å². The number of aliphatic hydroxyl groups excluding tert-OH is 1. The number of hydrogen-bond acceptors (Lipinski definition) is 9. The van der Waals surface area contributed by atoms with Crippen LogP contribution in [0.1, 0.15) is 52.5 Å². The molecule has 0 unspecified atom stereocenters. The highest BCUT2D eigenvalue weighted by Crippen LogP contribution is 2.38. The Labute approximate surface area is 258 Å². The molecule has 4 aromatic rings. The third-order valence-electron chi connectivity index (χ3n) is 7.39. The highest BCUT2D eigenvalue weighted by Gasteiger charge is 2.28. The number of pyridine rings is 1. The quantitative estimate of drug-likeness (QED) is 0.191. The van der Waals surface area contributed by atoms with E-state index < -0.39 is 5.60 Å². The Balaban J connectivity index is 1.36. The van der Waals surface area contributed by atoms with Crippen LogP contribution < -0.4 is 15.4 Å². The van der Waals surface area contributed by atoms with E-state index in [1.54, 1.807) is 24.2 Å². The van der Waals surface area contributed by atoms with Gasteiger partial charge in [0.15, 0.2) is 0 Å². The first-order valence-electron chi connectivity index (χ1n) is 15.2. The fourth-order valence-electron chi connectivity index (χ4n) is 5.26. The molecule has 1 amide bonds. The second-order valence-electron chi connectivity index (χ2n) is 12.3. The molecule has 3 heterocycles. The molecule has 1 fully saturated rings. The number of piperidine rings is 1. The highest BCUT2D eigenvalue weighted by molar-refractivity contribution is 5.98. The number of carbonyl (C=O) groups is 1. The lowest BCUT2D eigenvalue weighted by molar-refractivity contribution is 0.0206. The molecule has 232 valence electrons. The van der Waals surface area contributed by atoms with Gasteiger partial charge >= 0.3 is 6.09 Å². The van der Waals surface area contributed by atoms with Gasteiger partial charge in [-0.3, -0.25) is 0 Å². The summed E-state index contributed by atoms with van der Waals surface area (Å²) in [5.41, 5.74) is 2.82. The van der Waals surface area contributed by atoms with Crippen molar-refractivity contribution in [3.63, 3.8) is 0 Å². The SMILES string of the molecule is Cc1ccc2c(NCC[C@@H](C)O)cccc2c1Oc1ncccc1-c1ccnc(N[C@H]2CCCN(C(=O)OC(C)(C)C)C2)n1. The molecule has 2 aromatic heterocycles. The first kappa shape index (κ1) is 31.0. The van der Waals surface area contributed by atoms with Gasteiger partial charge in [-0.1, -0.05) is 24.3 Å². The molecular weight excluding hydrogens is 556 g/mol. The number of nitrogens with zero attached hydrogens (tertiary/aromatic N) is 4. The molecule has 0 aliphatic carbocycles. The molecule has 2 aromatic carbocycles. The lowest BCUT2D eigenvalue weighted by Gasteiger charge is -2.34. The number of nitrogens with one attached hydrogen (secondary N) is 2. The zero-order valence-electron chi connectivity index (χ0n) is 26.1. The largest absolute Gasteiger partial charge is 0.444 e. The summed E-state index contributed by atoms with van der Waals surface area (Å²) < 4.78 is 12.1. The molecule has 1 saturated heterocycles. The molecule has 0 saturated carbocycles. The number of rotatable bonds is 9. The topological polar surface area (TPSA) is 122 Å². The van der Waals surface area contributed by atoms with Crippen molar-refractivity contribution in [2.45, 2.75) is 71.6 Å².